The van der Waals surface area contributed by atoms with Crippen molar-refractivity contribution in [2.24, 2.45) is 0 Å². The molecule has 8 heteroatoms. The van der Waals surface area contributed by atoms with Gasteiger partial charge >= 0.3 is 0 Å². The smallest absolute Gasteiger partial charge is 0.186 e. The number of anilines is 1. The van der Waals surface area contributed by atoms with E-state index in [1.54, 1.807) is 11.3 Å². The number of thiazole rings is 1. The zero-order chi connectivity index (χ0) is 27.0. The van der Waals surface area contributed by atoms with E-state index in [-0.39, 0.29) is 0 Å². The number of piperidine rings is 2. The van der Waals surface area contributed by atoms with Crippen LogP contribution >= 0.6 is 34.5 Å². The average Bonchev–Trinajstić information content (AvgIpc) is 3.44. The zero-order valence-electron chi connectivity index (χ0n) is 22.9. The van der Waals surface area contributed by atoms with E-state index >= 15 is 0 Å². The Kier molecular flexibility index (Phi) is 10.4. The number of nitrogens with zero attached hydrogens (tertiary/aromatic N) is 3. The molecule has 0 saturated carbocycles. The summed E-state index contributed by atoms with van der Waals surface area (Å²) >= 11 is 14.0. The molecule has 2 saturated heterocycles. The molecule has 2 aliphatic rings. The van der Waals surface area contributed by atoms with Gasteiger partial charge in [-0.2, -0.15) is 0 Å². The fourth-order valence-corrected chi connectivity index (χ4v) is 6.83. The molecule has 1 atom stereocenters. The molecule has 0 radical (unpaired) electrons. The maximum atomic E-state index is 6.17. The van der Waals surface area contributed by atoms with Gasteiger partial charge in [0.25, 0.3) is 0 Å². The Morgan fingerprint density at radius 3 is 2.56 bits per heavy atom. The lowest BCUT2D eigenvalue weighted by Gasteiger charge is -2.33. The number of unbranched alkanes of at least 4 members (excludes halogenated alkanes) is 1. The molecule has 1 N–H and O–H groups in total. The second-order valence-electron chi connectivity index (χ2n) is 10.9. The van der Waals surface area contributed by atoms with E-state index in [9.17, 15) is 0 Å². The SMILES string of the molecule is CC1CCCCN1c1nc(-c2ccc(OCCCCNC3CCN(Cc4ccc(Cl)c(Cl)c4)CC3)cc2)cs1. The van der Waals surface area contributed by atoms with Crippen molar-refractivity contribution in [3.05, 3.63) is 63.5 Å². The standard InChI is InChI=1S/C31H40Cl2N4OS/c1-23-6-2-4-16-37(23)31-35-30(22-39-31)25-8-10-27(11-9-25)38-19-5-3-15-34-26-13-17-36(18-14-26)21-24-7-12-28(32)29(33)20-24/h7-12,20,22-23,26,34H,2-6,13-19,21H2,1H3. The number of rotatable bonds is 11. The highest BCUT2D eigenvalue weighted by atomic mass is 35.5. The van der Waals surface area contributed by atoms with Crippen molar-refractivity contribution >= 4 is 39.7 Å². The molecule has 0 bridgehead atoms. The van der Waals surface area contributed by atoms with Crippen molar-refractivity contribution in [2.75, 3.05) is 37.7 Å². The van der Waals surface area contributed by atoms with E-state index in [2.05, 4.69) is 57.8 Å². The lowest BCUT2D eigenvalue weighted by molar-refractivity contribution is 0.190. The van der Waals surface area contributed by atoms with Crippen LogP contribution in [0.1, 0.15) is 57.4 Å². The quantitative estimate of drug-likeness (QED) is 0.231. The first kappa shape index (κ1) is 28.7. The molecule has 5 nitrogen and oxygen atoms in total. The summed E-state index contributed by atoms with van der Waals surface area (Å²) in [5.41, 5.74) is 3.44. The second-order valence-corrected chi connectivity index (χ2v) is 12.5. The number of aromatic nitrogens is 1. The van der Waals surface area contributed by atoms with Crippen LogP contribution in [0.25, 0.3) is 11.3 Å². The summed E-state index contributed by atoms with van der Waals surface area (Å²) in [6.45, 7) is 8.38. The zero-order valence-corrected chi connectivity index (χ0v) is 25.2. The molecule has 1 unspecified atom stereocenters. The van der Waals surface area contributed by atoms with E-state index < -0.39 is 0 Å². The maximum Gasteiger partial charge on any atom is 0.186 e. The Labute approximate surface area is 247 Å². The predicted octanol–water partition coefficient (Wildman–Crippen LogP) is 7.91. The van der Waals surface area contributed by atoms with Crippen LogP contribution in [0.4, 0.5) is 5.13 Å². The monoisotopic (exact) mass is 586 g/mol. The molecule has 0 amide bonds. The Bertz CT molecular complexity index is 1180. The molecule has 210 valence electrons. The number of hydrogen-bond donors (Lipinski definition) is 1. The molecule has 0 spiro atoms. The van der Waals surface area contributed by atoms with Gasteiger partial charge < -0.3 is 15.0 Å². The minimum absolute atomic E-state index is 0.586. The number of nitrogens with one attached hydrogen (secondary N) is 1. The topological polar surface area (TPSA) is 40.6 Å². The minimum Gasteiger partial charge on any atom is -0.494 e. The third kappa shape index (κ3) is 8.11. The Balaban J connectivity index is 0.954. The van der Waals surface area contributed by atoms with Crippen LogP contribution in [-0.4, -0.2) is 54.8 Å². The minimum atomic E-state index is 0.586. The highest BCUT2D eigenvalue weighted by molar-refractivity contribution is 7.14. The van der Waals surface area contributed by atoms with Gasteiger partial charge in [0.1, 0.15) is 5.75 Å². The lowest BCUT2D eigenvalue weighted by Crippen LogP contribution is -2.42. The van der Waals surface area contributed by atoms with Gasteiger partial charge in [0.2, 0.25) is 0 Å². The summed E-state index contributed by atoms with van der Waals surface area (Å²) in [6.07, 6.45) is 8.40. The van der Waals surface area contributed by atoms with Crippen LogP contribution in [-0.2, 0) is 6.54 Å². The molecule has 39 heavy (non-hydrogen) atoms. The van der Waals surface area contributed by atoms with Crippen LogP contribution in [0.3, 0.4) is 0 Å². The van der Waals surface area contributed by atoms with Gasteiger partial charge in [0, 0.05) is 36.1 Å². The van der Waals surface area contributed by atoms with Gasteiger partial charge in [-0.3, -0.25) is 4.90 Å². The van der Waals surface area contributed by atoms with E-state index in [4.69, 9.17) is 32.9 Å². The highest BCUT2D eigenvalue weighted by Gasteiger charge is 2.21. The van der Waals surface area contributed by atoms with E-state index in [1.165, 1.54) is 37.7 Å². The molecule has 3 aromatic rings. The molecule has 3 heterocycles. The largest absolute Gasteiger partial charge is 0.494 e. The summed E-state index contributed by atoms with van der Waals surface area (Å²) < 4.78 is 6.01. The maximum absolute atomic E-state index is 6.17. The van der Waals surface area contributed by atoms with Crippen LogP contribution in [0.5, 0.6) is 5.75 Å². The molecular formula is C31H40Cl2N4OS. The Hall–Kier alpha value is -1.83. The molecule has 1 aromatic heterocycles. The molecule has 5 rings (SSSR count). The summed E-state index contributed by atoms with van der Waals surface area (Å²) in [6, 6.07) is 15.5. The second kappa shape index (κ2) is 14.2. The summed E-state index contributed by atoms with van der Waals surface area (Å²) in [4.78, 5) is 9.90. The van der Waals surface area contributed by atoms with E-state index in [0.717, 1.165) is 74.3 Å². The number of ether oxygens (including phenoxy) is 1. The van der Waals surface area contributed by atoms with Crippen molar-refractivity contribution in [2.45, 2.75) is 70.5 Å². The van der Waals surface area contributed by atoms with Crippen LogP contribution < -0.4 is 15.0 Å². The van der Waals surface area contributed by atoms with Gasteiger partial charge in [0.05, 0.1) is 22.3 Å². The van der Waals surface area contributed by atoms with Crippen LogP contribution in [0, 0.1) is 0 Å². The molecule has 2 aromatic carbocycles. The number of hydrogen-bond acceptors (Lipinski definition) is 6. The Morgan fingerprint density at radius 1 is 0.974 bits per heavy atom. The number of likely N-dealkylation sites (tertiary alicyclic amines) is 1. The Morgan fingerprint density at radius 2 is 1.79 bits per heavy atom. The normalized spacial score (nSPS) is 18.9. The van der Waals surface area contributed by atoms with Gasteiger partial charge in [-0.15, -0.1) is 11.3 Å². The first-order chi connectivity index (χ1) is 19.0. The third-order valence-electron chi connectivity index (χ3n) is 7.94. The first-order valence-electron chi connectivity index (χ1n) is 14.4. The third-order valence-corrected chi connectivity index (χ3v) is 9.56. The van der Waals surface area contributed by atoms with Crippen molar-refractivity contribution in [3.8, 4) is 17.0 Å². The van der Waals surface area contributed by atoms with Gasteiger partial charge in [0.15, 0.2) is 5.13 Å². The summed E-state index contributed by atoms with van der Waals surface area (Å²) in [7, 11) is 0. The van der Waals surface area contributed by atoms with Crippen molar-refractivity contribution in [1.29, 1.82) is 0 Å². The van der Waals surface area contributed by atoms with Crippen LogP contribution in [0.2, 0.25) is 10.0 Å². The van der Waals surface area contributed by atoms with Crippen molar-refractivity contribution in [1.82, 2.24) is 15.2 Å². The predicted molar refractivity (Wildman–Crippen MR) is 166 cm³/mol. The summed E-state index contributed by atoms with van der Waals surface area (Å²) in [5.74, 6) is 0.932. The summed E-state index contributed by atoms with van der Waals surface area (Å²) in [5, 5.41) is 8.34. The first-order valence-corrected chi connectivity index (χ1v) is 16.0. The highest BCUT2D eigenvalue weighted by Crippen LogP contribution is 2.32. The molecule has 0 aliphatic carbocycles. The fraction of sp³-hybridized carbons (Fsp3) is 0.516. The average molecular weight is 588 g/mol. The van der Waals surface area contributed by atoms with E-state index in [1.807, 2.05) is 12.1 Å². The van der Waals surface area contributed by atoms with Gasteiger partial charge in [-0.25, -0.2) is 4.98 Å². The fourth-order valence-electron chi connectivity index (χ4n) is 5.55. The number of benzene rings is 2. The van der Waals surface area contributed by atoms with Crippen molar-refractivity contribution < 1.29 is 4.74 Å². The van der Waals surface area contributed by atoms with Gasteiger partial charge in [-0.1, -0.05) is 29.3 Å². The lowest BCUT2D eigenvalue weighted by atomic mass is 10.0. The molecule has 2 fully saturated rings. The van der Waals surface area contributed by atoms with Crippen LogP contribution in [0.15, 0.2) is 47.8 Å². The molecular weight excluding hydrogens is 547 g/mol. The van der Waals surface area contributed by atoms with Crippen molar-refractivity contribution in [3.63, 3.8) is 0 Å². The van der Waals surface area contributed by atoms with E-state index in [0.29, 0.717) is 22.1 Å². The molecule has 2 aliphatic heterocycles. The van der Waals surface area contributed by atoms with Gasteiger partial charge in [-0.05, 0) is 113 Å². The number of halogens is 2.